The Kier molecular flexibility index (Phi) is 5.20. The number of nitrogens with zero attached hydrogens (tertiary/aromatic N) is 5. The van der Waals surface area contributed by atoms with E-state index < -0.39 is 15.7 Å². The van der Waals surface area contributed by atoms with E-state index in [0.29, 0.717) is 24.5 Å². The van der Waals surface area contributed by atoms with Crippen LogP contribution in [0.4, 0.5) is 5.82 Å². The predicted molar refractivity (Wildman–Crippen MR) is 108 cm³/mol. The highest BCUT2D eigenvalue weighted by molar-refractivity contribution is 7.90. The number of rotatable bonds is 1. The summed E-state index contributed by atoms with van der Waals surface area (Å²) in [4.78, 5) is 21.4. The molecule has 1 atom stereocenters. The first-order valence-corrected chi connectivity index (χ1v) is 11.2. The Labute approximate surface area is 173 Å². The van der Waals surface area contributed by atoms with Crippen LogP contribution in [0.5, 0.6) is 5.88 Å². The molecular weight excluding hydrogens is 408 g/mol. The molecule has 0 aliphatic carbocycles. The number of ether oxygens (including phenoxy) is 1. The Bertz CT molecular complexity index is 1210. The van der Waals surface area contributed by atoms with Crippen molar-refractivity contribution in [2.24, 2.45) is 0 Å². The number of nitrogens with one attached hydrogen (secondary N) is 1. The molecule has 30 heavy (non-hydrogen) atoms. The maximum absolute atomic E-state index is 12.9. The fourth-order valence-corrected chi connectivity index (χ4v) is 3.74. The molecule has 2 bridgehead atoms. The van der Waals surface area contributed by atoms with Crippen LogP contribution in [0.3, 0.4) is 0 Å². The molecule has 0 spiro atoms. The molecule has 3 aromatic rings. The van der Waals surface area contributed by atoms with E-state index in [9.17, 15) is 13.2 Å². The smallest absolute Gasteiger partial charge is 0.262 e. The van der Waals surface area contributed by atoms with Crippen LogP contribution in [0.1, 0.15) is 36.2 Å². The highest BCUT2D eigenvalue weighted by Gasteiger charge is 2.21. The number of anilines is 1. The second-order valence-corrected chi connectivity index (χ2v) is 9.08. The van der Waals surface area contributed by atoms with E-state index in [0.717, 1.165) is 12.7 Å². The van der Waals surface area contributed by atoms with E-state index in [-0.39, 0.29) is 28.2 Å². The monoisotopic (exact) mass is 428 g/mol. The SMILES string of the molecule is C[C@H]1CCCOc2ncc(S(C)(=O)=O)cc2C(=O)Nc2cccc(n2)-c2nncn21. The van der Waals surface area contributed by atoms with E-state index in [1.165, 1.54) is 12.3 Å². The third-order valence-electron chi connectivity index (χ3n) is 4.77. The molecule has 4 heterocycles. The minimum absolute atomic E-state index is 0.0263. The topological polar surface area (TPSA) is 129 Å². The van der Waals surface area contributed by atoms with Gasteiger partial charge in [-0.25, -0.2) is 18.4 Å². The van der Waals surface area contributed by atoms with E-state index in [1.807, 2.05) is 4.57 Å². The molecule has 0 unspecified atom stereocenters. The van der Waals surface area contributed by atoms with Crippen molar-refractivity contribution in [3.63, 3.8) is 0 Å². The largest absolute Gasteiger partial charge is 0.477 e. The average Bonchev–Trinajstić information content (AvgIpc) is 3.20. The molecular formula is C19H20N6O4S. The molecule has 1 aliphatic rings. The number of carbonyl (C=O) groups excluding carboxylic acids is 1. The van der Waals surface area contributed by atoms with Crippen molar-refractivity contribution < 1.29 is 17.9 Å². The van der Waals surface area contributed by atoms with Crippen LogP contribution >= 0.6 is 0 Å². The maximum Gasteiger partial charge on any atom is 0.262 e. The predicted octanol–water partition coefficient (Wildman–Crippen LogP) is 2.12. The summed E-state index contributed by atoms with van der Waals surface area (Å²) in [7, 11) is -3.54. The fourth-order valence-electron chi connectivity index (χ4n) is 3.16. The second-order valence-electron chi connectivity index (χ2n) is 7.06. The first-order valence-electron chi connectivity index (χ1n) is 9.34. The normalized spacial score (nSPS) is 17.1. The maximum atomic E-state index is 12.9. The van der Waals surface area contributed by atoms with Gasteiger partial charge in [0.15, 0.2) is 15.7 Å². The van der Waals surface area contributed by atoms with Gasteiger partial charge in [-0.3, -0.25) is 4.79 Å². The summed E-state index contributed by atoms with van der Waals surface area (Å²) in [6, 6.07) is 6.53. The molecule has 4 rings (SSSR count). The van der Waals surface area contributed by atoms with E-state index >= 15 is 0 Å². The number of fused-ring (bicyclic) bond motifs is 5. The van der Waals surface area contributed by atoms with Crippen molar-refractivity contribution in [3.05, 3.63) is 42.4 Å². The molecule has 0 aromatic carbocycles. The van der Waals surface area contributed by atoms with Crippen molar-refractivity contribution in [1.82, 2.24) is 24.7 Å². The Balaban J connectivity index is 1.79. The number of amides is 1. The molecule has 0 saturated heterocycles. The number of pyridine rings is 2. The van der Waals surface area contributed by atoms with Crippen LogP contribution in [0.2, 0.25) is 0 Å². The molecule has 0 radical (unpaired) electrons. The van der Waals surface area contributed by atoms with Gasteiger partial charge in [-0.1, -0.05) is 6.07 Å². The zero-order valence-corrected chi connectivity index (χ0v) is 17.3. The Morgan fingerprint density at radius 1 is 1.30 bits per heavy atom. The molecule has 1 N–H and O–H groups in total. The first kappa shape index (κ1) is 20.0. The van der Waals surface area contributed by atoms with Gasteiger partial charge in [0, 0.05) is 18.5 Å². The highest BCUT2D eigenvalue weighted by Crippen LogP contribution is 2.25. The third-order valence-corrected chi connectivity index (χ3v) is 5.85. The van der Waals surface area contributed by atoms with E-state index in [2.05, 4.69) is 32.4 Å². The Morgan fingerprint density at radius 3 is 2.93 bits per heavy atom. The Morgan fingerprint density at radius 2 is 2.13 bits per heavy atom. The van der Waals surface area contributed by atoms with Gasteiger partial charge in [0.1, 0.15) is 23.4 Å². The summed E-state index contributed by atoms with van der Waals surface area (Å²) in [5, 5.41) is 10.9. The minimum atomic E-state index is -3.54. The molecule has 1 amide bonds. The number of carbonyl (C=O) groups is 1. The fraction of sp³-hybridized carbons (Fsp3) is 0.316. The van der Waals surface area contributed by atoms with Crippen molar-refractivity contribution >= 4 is 21.6 Å². The standard InChI is InChI=1S/C19H20N6O4S/c1-12-5-4-8-29-19-14(9-13(10-20-19)30(2,27)28)18(26)23-16-7-3-6-15(22-16)17-24-21-11-25(12)17/h3,6-7,9-12H,4-5,8H2,1-2H3,(H,22,23,26)/t12-/m0/s1. The molecule has 1 aliphatic heterocycles. The van der Waals surface area contributed by atoms with Gasteiger partial charge in [-0.15, -0.1) is 10.2 Å². The molecule has 3 aromatic heterocycles. The van der Waals surface area contributed by atoms with Crippen molar-refractivity contribution in [3.8, 4) is 17.4 Å². The van der Waals surface area contributed by atoms with Gasteiger partial charge in [0.2, 0.25) is 5.88 Å². The number of aromatic nitrogens is 5. The van der Waals surface area contributed by atoms with Crippen LogP contribution in [-0.2, 0) is 9.84 Å². The van der Waals surface area contributed by atoms with Crippen LogP contribution in [-0.4, -0.2) is 51.9 Å². The molecule has 0 saturated carbocycles. The summed E-state index contributed by atoms with van der Waals surface area (Å²) in [5.74, 6) is 0.385. The Hall–Kier alpha value is -3.34. The van der Waals surface area contributed by atoms with Gasteiger partial charge in [0.05, 0.1) is 11.5 Å². The lowest BCUT2D eigenvalue weighted by atomic mass is 10.1. The third kappa shape index (κ3) is 4.01. The van der Waals surface area contributed by atoms with Gasteiger partial charge in [-0.05, 0) is 38.0 Å². The lowest BCUT2D eigenvalue weighted by Crippen LogP contribution is -2.18. The summed E-state index contributed by atoms with van der Waals surface area (Å²) >= 11 is 0. The van der Waals surface area contributed by atoms with Crippen molar-refractivity contribution in [2.45, 2.75) is 30.7 Å². The van der Waals surface area contributed by atoms with Crippen molar-refractivity contribution in [1.29, 1.82) is 0 Å². The molecule has 11 heteroatoms. The van der Waals surface area contributed by atoms with Crippen LogP contribution in [0, 0.1) is 0 Å². The number of hydrogen-bond donors (Lipinski definition) is 1. The summed E-state index contributed by atoms with van der Waals surface area (Å²) < 4.78 is 31.5. The van der Waals surface area contributed by atoms with Gasteiger partial charge >= 0.3 is 0 Å². The summed E-state index contributed by atoms with van der Waals surface area (Å²) in [6.07, 6.45) is 5.36. The average molecular weight is 428 g/mol. The zero-order valence-electron chi connectivity index (χ0n) is 16.4. The summed E-state index contributed by atoms with van der Waals surface area (Å²) in [5.41, 5.74) is 0.590. The van der Waals surface area contributed by atoms with Crippen LogP contribution in [0.15, 0.2) is 41.7 Å². The van der Waals surface area contributed by atoms with Gasteiger partial charge in [0.25, 0.3) is 5.91 Å². The first-order chi connectivity index (χ1) is 14.3. The zero-order chi connectivity index (χ0) is 21.3. The molecule has 0 fully saturated rings. The summed E-state index contributed by atoms with van der Waals surface area (Å²) in [6.45, 7) is 2.37. The molecule has 156 valence electrons. The van der Waals surface area contributed by atoms with Crippen LogP contribution < -0.4 is 10.1 Å². The molecule has 10 nitrogen and oxygen atoms in total. The van der Waals surface area contributed by atoms with Crippen LogP contribution in [0.25, 0.3) is 11.5 Å². The number of sulfone groups is 1. The van der Waals surface area contributed by atoms with Gasteiger partial charge < -0.3 is 14.6 Å². The lowest BCUT2D eigenvalue weighted by molar-refractivity contribution is 0.102. The van der Waals surface area contributed by atoms with Crippen molar-refractivity contribution in [2.75, 3.05) is 18.2 Å². The lowest BCUT2D eigenvalue weighted by Gasteiger charge is -2.17. The minimum Gasteiger partial charge on any atom is -0.477 e. The second kappa shape index (κ2) is 7.82. The van der Waals surface area contributed by atoms with Gasteiger partial charge in [-0.2, -0.15) is 0 Å². The van der Waals surface area contributed by atoms with E-state index in [1.54, 1.807) is 24.5 Å². The highest BCUT2D eigenvalue weighted by atomic mass is 32.2. The number of hydrogen-bond acceptors (Lipinski definition) is 8. The van der Waals surface area contributed by atoms with E-state index in [4.69, 9.17) is 4.74 Å². The quantitative estimate of drug-likeness (QED) is 0.624.